The maximum atomic E-state index is 11.2. The van der Waals surface area contributed by atoms with E-state index in [1.807, 2.05) is 0 Å². The van der Waals surface area contributed by atoms with Gasteiger partial charge in [0.25, 0.3) is 0 Å². The third-order valence-electron chi connectivity index (χ3n) is 1.33. The van der Waals surface area contributed by atoms with Crippen LogP contribution in [0.5, 0.6) is 0 Å². The van der Waals surface area contributed by atoms with E-state index in [1.54, 1.807) is 20.8 Å². The Bertz CT molecular complexity index is 235. The molecule has 0 saturated carbocycles. The molecule has 0 rings (SSSR count). The van der Waals surface area contributed by atoms with Gasteiger partial charge in [0.15, 0.2) is 0 Å². The Morgan fingerprint density at radius 3 is 2.36 bits per heavy atom. The number of alkyl carbamates (subject to hydrolysis) is 1. The molecule has 4 nitrogen and oxygen atoms in total. The molecule has 0 aromatic carbocycles. The fourth-order valence-corrected chi connectivity index (χ4v) is 0.736. The molecule has 4 heteroatoms. The van der Waals surface area contributed by atoms with Gasteiger partial charge in [0, 0.05) is 0 Å². The topological polar surface area (TPSA) is 58.6 Å². The first-order chi connectivity index (χ1) is 6.26. The number of rotatable bonds is 2. The van der Waals surface area contributed by atoms with Gasteiger partial charge in [-0.05, 0) is 27.7 Å². The van der Waals surface area contributed by atoms with Gasteiger partial charge in [-0.3, -0.25) is 0 Å². The Balaban J connectivity index is 4.13. The van der Waals surface area contributed by atoms with E-state index in [-0.39, 0.29) is 0 Å². The lowest BCUT2D eigenvalue weighted by atomic mass is 10.2. The van der Waals surface area contributed by atoms with Crippen LogP contribution >= 0.6 is 0 Å². The molecule has 0 fully saturated rings. The predicted molar refractivity (Wildman–Crippen MR) is 53.7 cm³/mol. The summed E-state index contributed by atoms with van der Waals surface area (Å²) in [6, 6.07) is -0.718. The molecule has 0 aliphatic carbocycles. The molecule has 0 heterocycles. The molecule has 0 saturated heterocycles. The van der Waals surface area contributed by atoms with E-state index in [1.165, 1.54) is 6.92 Å². The molecule has 0 aliphatic rings. The number of carbonyl (C=O) groups excluding carboxylic acids is 1. The number of hydrogen-bond donors (Lipinski definition) is 2. The zero-order valence-electron chi connectivity index (χ0n) is 9.00. The first kappa shape index (κ1) is 12.8. The number of nitrogens with one attached hydrogen (secondary N) is 1. The van der Waals surface area contributed by atoms with Crippen molar-refractivity contribution in [3.63, 3.8) is 0 Å². The highest BCUT2D eigenvalue weighted by Crippen LogP contribution is 2.06. The fraction of sp³-hybridized carbons (Fsp3) is 0.700. The molecular weight excluding hydrogens is 182 g/mol. The van der Waals surface area contributed by atoms with Crippen molar-refractivity contribution in [3.8, 4) is 12.3 Å². The minimum absolute atomic E-state index is 0.568. The van der Waals surface area contributed by atoms with Crippen LogP contribution in [0.2, 0.25) is 0 Å². The molecule has 0 aromatic rings. The van der Waals surface area contributed by atoms with Gasteiger partial charge in [-0.2, -0.15) is 0 Å². The van der Waals surface area contributed by atoms with Crippen LogP contribution in [0.25, 0.3) is 0 Å². The van der Waals surface area contributed by atoms with Crippen molar-refractivity contribution in [1.29, 1.82) is 0 Å². The lowest BCUT2D eigenvalue weighted by molar-refractivity contribution is 0.0470. The second-order valence-electron chi connectivity index (χ2n) is 4.03. The van der Waals surface area contributed by atoms with Crippen molar-refractivity contribution in [2.75, 3.05) is 0 Å². The van der Waals surface area contributed by atoms with E-state index in [9.17, 15) is 4.79 Å². The Morgan fingerprint density at radius 2 is 2.07 bits per heavy atom. The highest BCUT2D eigenvalue weighted by molar-refractivity contribution is 5.68. The average Bonchev–Trinajstić information content (AvgIpc) is 1.96. The number of carbonyl (C=O) groups is 1. The van der Waals surface area contributed by atoms with Crippen molar-refractivity contribution in [2.45, 2.75) is 45.4 Å². The van der Waals surface area contributed by atoms with Gasteiger partial charge in [-0.25, -0.2) is 4.79 Å². The Kier molecular flexibility index (Phi) is 4.45. The number of aliphatic hydroxyl groups excluding tert-OH is 1. The summed E-state index contributed by atoms with van der Waals surface area (Å²) in [5.41, 5.74) is -0.568. The number of aliphatic hydroxyl groups is 1. The predicted octanol–water partition coefficient (Wildman–Crippen LogP) is 0.894. The third-order valence-corrected chi connectivity index (χ3v) is 1.33. The van der Waals surface area contributed by atoms with Crippen LogP contribution in [-0.4, -0.2) is 28.9 Å². The average molecular weight is 199 g/mol. The lowest BCUT2D eigenvalue weighted by Crippen LogP contribution is -2.43. The van der Waals surface area contributed by atoms with Gasteiger partial charge < -0.3 is 15.2 Å². The van der Waals surface area contributed by atoms with Gasteiger partial charge in [0.1, 0.15) is 11.6 Å². The van der Waals surface area contributed by atoms with Crippen LogP contribution in [0.4, 0.5) is 4.79 Å². The van der Waals surface area contributed by atoms with E-state index < -0.39 is 23.8 Å². The van der Waals surface area contributed by atoms with E-state index in [0.717, 1.165) is 0 Å². The molecule has 0 bridgehead atoms. The quantitative estimate of drug-likeness (QED) is 0.649. The zero-order valence-corrected chi connectivity index (χ0v) is 9.00. The van der Waals surface area contributed by atoms with Crippen LogP contribution in [0.15, 0.2) is 0 Å². The standard InChI is InChI=1S/C10H17NO3/c1-6-8(7(2)12)11-9(13)14-10(3,4)5/h1,7-8,12H,2-5H3,(H,11,13). The normalized spacial score (nSPS) is 15.1. The number of terminal acetylenes is 1. The Hall–Kier alpha value is -1.21. The van der Waals surface area contributed by atoms with Crippen molar-refractivity contribution in [3.05, 3.63) is 0 Å². The summed E-state index contributed by atoms with van der Waals surface area (Å²) in [7, 11) is 0. The van der Waals surface area contributed by atoms with Crippen LogP contribution in [0.1, 0.15) is 27.7 Å². The summed E-state index contributed by atoms with van der Waals surface area (Å²) in [6.07, 6.45) is 3.68. The van der Waals surface area contributed by atoms with E-state index in [2.05, 4.69) is 11.2 Å². The van der Waals surface area contributed by atoms with E-state index >= 15 is 0 Å². The minimum Gasteiger partial charge on any atom is -0.444 e. The molecule has 2 atom stereocenters. The molecule has 0 aromatic heterocycles. The molecule has 2 N–H and O–H groups in total. The Labute approximate surface area is 84.6 Å². The van der Waals surface area contributed by atoms with Crippen molar-refractivity contribution >= 4 is 6.09 Å². The summed E-state index contributed by atoms with van der Waals surface area (Å²) in [4.78, 5) is 11.2. The molecule has 1 amide bonds. The first-order valence-electron chi connectivity index (χ1n) is 4.40. The SMILES string of the molecule is C#CC(NC(=O)OC(C)(C)C)C(C)O. The molecule has 14 heavy (non-hydrogen) atoms. The zero-order chi connectivity index (χ0) is 11.4. The van der Waals surface area contributed by atoms with Gasteiger partial charge >= 0.3 is 6.09 Å². The molecular formula is C10H17NO3. The minimum atomic E-state index is -0.799. The van der Waals surface area contributed by atoms with Crippen LogP contribution in [0.3, 0.4) is 0 Å². The molecule has 0 spiro atoms. The van der Waals surface area contributed by atoms with Crippen molar-refractivity contribution < 1.29 is 14.6 Å². The highest BCUT2D eigenvalue weighted by Gasteiger charge is 2.20. The monoisotopic (exact) mass is 199 g/mol. The summed E-state index contributed by atoms with van der Waals surface area (Å²) in [6.45, 7) is 6.75. The summed E-state index contributed by atoms with van der Waals surface area (Å²) in [5.74, 6) is 2.26. The maximum Gasteiger partial charge on any atom is 0.408 e. The summed E-state index contributed by atoms with van der Waals surface area (Å²) < 4.78 is 4.96. The van der Waals surface area contributed by atoms with Gasteiger partial charge in [-0.1, -0.05) is 5.92 Å². The second-order valence-corrected chi connectivity index (χ2v) is 4.03. The third kappa shape index (κ3) is 5.44. The molecule has 0 aliphatic heterocycles. The molecule has 80 valence electrons. The fourth-order valence-electron chi connectivity index (χ4n) is 0.736. The lowest BCUT2D eigenvalue weighted by Gasteiger charge is -2.22. The second kappa shape index (κ2) is 4.87. The number of amides is 1. The number of hydrogen-bond acceptors (Lipinski definition) is 3. The summed E-state index contributed by atoms with van der Waals surface area (Å²) >= 11 is 0. The van der Waals surface area contributed by atoms with E-state index in [0.29, 0.717) is 0 Å². The van der Waals surface area contributed by atoms with Crippen LogP contribution < -0.4 is 5.32 Å². The first-order valence-corrected chi connectivity index (χ1v) is 4.40. The van der Waals surface area contributed by atoms with Gasteiger partial charge in [0.05, 0.1) is 6.10 Å². The largest absolute Gasteiger partial charge is 0.444 e. The molecule has 0 radical (unpaired) electrons. The Morgan fingerprint density at radius 1 is 1.57 bits per heavy atom. The van der Waals surface area contributed by atoms with Gasteiger partial charge in [0.2, 0.25) is 0 Å². The van der Waals surface area contributed by atoms with E-state index in [4.69, 9.17) is 16.3 Å². The molecule has 2 unspecified atom stereocenters. The van der Waals surface area contributed by atoms with Crippen molar-refractivity contribution in [2.24, 2.45) is 0 Å². The van der Waals surface area contributed by atoms with Crippen LogP contribution in [-0.2, 0) is 4.74 Å². The summed E-state index contributed by atoms with van der Waals surface area (Å²) in [5, 5.41) is 11.5. The smallest absolute Gasteiger partial charge is 0.408 e. The van der Waals surface area contributed by atoms with Crippen molar-refractivity contribution in [1.82, 2.24) is 5.32 Å². The highest BCUT2D eigenvalue weighted by atomic mass is 16.6. The van der Waals surface area contributed by atoms with Gasteiger partial charge in [-0.15, -0.1) is 6.42 Å². The number of ether oxygens (including phenoxy) is 1. The maximum absolute atomic E-state index is 11.2. The van der Waals surface area contributed by atoms with Crippen LogP contribution in [0, 0.1) is 12.3 Å².